The largest absolute Gasteiger partial charge is 0.416 e. The molecule has 24 heavy (non-hydrogen) atoms. The van der Waals surface area contributed by atoms with E-state index in [1.165, 1.54) is 4.90 Å². The summed E-state index contributed by atoms with van der Waals surface area (Å²) in [5.74, 6) is -1.09. The topological polar surface area (TPSA) is 69.7 Å². The van der Waals surface area contributed by atoms with Crippen LogP contribution < -0.4 is 5.32 Å². The number of urea groups is 1. The van der Waals surface area contributed by atoms with Crippen molar-refractivity contribution in [2.24, 2.45) is 0 Å². The lowest BCUT2D eigenvalue weighted by Gasteiger charge is -2.16. The van der Waals surface area contributed by atoms with Gasteiger partial charge in [0.15, 0.2) is 0 Å². The van der Waals surface area contributed by atoms with Crippen LogP contribution in [-0.4, -0.2) is 46.8 Å². The number of benzene rings is 1. The van der Waals surface area contributed by atoms with Crippen molar-refractivity contribution in [3.63, 3.8) is 0 Å². The number of carbonyl (C=O) groups is 3. The summed E-state index contributed by atoms with van der Waals surface area (Å²) in [7, 11) is 0. The summed E-state index contributed by atoms with van der Waals surface area (Å²) in [5, 5.41) is 2.38. The molecule has 0 unspecified atom stereocenters. The molecule has 128 valence electrons. The quantitative estimate of drug-likeness (QED) is 0.853. The van der Waals surface area contributed by atoms with Crippen molar-refractivity contribution >= 4 is 23.5 Å². The Morgan fingerprint density at radius 1 is 1.17 bits per heavy atom. The highest BCUT2D eigenvalue weighted by Crippen LogP contribution is 2.31. The second-order valence-corrected chi connectivity index (χ2v) is 5.74. The number of hydrogen-bond donors (Lipinski definition) is 1. The molecule has 2 fully saturated rings. The summed E-state index contributed by atoms with van der Waals surface area (Å²) >= 11 is 0. The average Bonchev–Trinajstić information content (AvgIpc) is 3.30. The van der Waals surface area contributed by atoms with Gasteiger partial charge in [-0.25, -0.2) is 4.79 Å². The predicted molar refractivity (Wildman–Crippen MR) is 76.9 cm³/mol. The minimum absolute atomic E-state index is 0.0307. The highest BCUT2D eigenvalue weighted by Gasteiger charge is 2.44. The molecule has 0 atom stereocenters. The lowest BCUT2D eigenvalue weighted by molar-refractivity contribution is -0.137. The molecule has 6 nitrogen and oxygen atoms in total. The number of nitrogens with one attached hydrogen (secondary N) is 1. The van der Waals surface area contributed by atoms with E-state index < -0.39 is 36.1 Å². The van der Waals surface area contributed by atoms with Crippen LogP contribution in [0.1, 0.15) is 18.4 Å². The van der Waals surface area contributed by atoms with Crippen molar-refractivity contribution in [1.82, 2.24) is 9.80 Å². The Hall–Kier alpha value is -2.58. The zero-order chi connectivity index (χ0) is 17.5. The molecule has 4 amide bonds. The van der Waals surface area contributed by atoms with Gasteiger partial charge in [-0.1, -0.05) is 0 Å². The summed E-state index contributed by atoms with van der Waals surface area (Å²) in [5.41, 5.74) is -0.670. The molecule has 1 saturated heterocycles. The number of rotatable bonds is 4. The first kappa shape index (κ1) is 16.3. The van der Waals surface area contributed by atoms with Crippen molar-refractivity contribution < 1.29 is 27.6 Å². The summed E-state index contributed by atoms with van der Waals surface area (Å²) in [6.07, 6.45) is -2.75. The van der Waals surface area contributed by atoms with E-state index in [1.54, 1.807) is 0 Å². The van der Waals surface area contributed by atoms with E-state index >= 15 is 0 Å². The van der Waals surface area contributed by atoms with Gasteiger partial charge in [0.25, 0.3) is 5.91 Å². The molecule has 1 aliphatic heterocycles. The number of imide groups is 1. The van der Waals surface area contributed by atoms with Crippen molar-refractivity contribution in [3.8, 4) is 0 Å². The van der Waals surface area contributed by atoms with Gasteiger partial charge in [-0.3, -0.25) is 14.5 Å². The van der Waals surface area contributed by atoms with Gasteiger partial charge in [-0.05, 0) is 37.1 Å². The third-order valence-corrected chi connectivity index (χ3v) is 3.87. The lowest BCUT2D eigenvalue weighted by atomic mass is 10.2. The maximum absolute atomic E-state index is 12.5. The van der Waals surface area contributed by atoms with Crippen molar-refractivity contribution in [3.05, 3.63) is 29.8 Å². The Balaban J connectivity index is 1.59. The molecular weight excluding hydrogens is 327 g/mol. The van der Waals surface area contributed by atoms with Crippen LogP contribution in [0.15, 0.2) is 24.3 Å². The van der Waals surface area contributed by atoms with Crippen LogP contribution in [0.3, 0.4) is 0 Å². The highest BCUT2D eigenvalue weighted by molar-refractivity contribution is 6.06. The Morgan fingerprint density at radius 3 is 2.33 bits per heavy atom. The summed E-state index contributed by atoms with van der Waals surface area (Å²) in [6.45, 7) is -0.487. The number of amides is 4. The molecule has 3 rings (SSSR count). The molecule has 0 spiro atoms. The molecule has 0 bridgehead atoms. The van der Waals surface area contributed by atoms with Gasteiger partial charge in [0.05, 0.1) is 5.56 Å². The summed E-state index contributed by atoms with van der Waals surface area (Å²) < 4.78 is 37.4. The van der Waals surface area contributed by atoms with E-state index in [2.05, 4.69) is 5.32 Å². The molecule has 1 aromatic carbocycles. The van der Waals surface area contributed by atoms with Crippen LogP contribution in [0.2, 0.25) is 0 Å². The standard InChI is InChI=1S/C15H14F3N3O3/c16-15(17,18)9-1-3-10(4-2-9)19-12(22)7-21-13(23)8-20(14(21)24)11-5-6-11/h1-4,11H,5-8H2,(H,19,22). The van der Waals surface area contributed by atoms with Crippen molar-refractivity contribution in [2.45, 2.75) is 25.1 Å². The molecule has 1 aromatic rings. The molecule has 0 aromatic heterocycles. The number of nitrogens with zero attached hydrogens (tertiary/aromatic N) is 2. The Bertz CT molecular complexity index is 683. The number of halogens is 3. The van der Waals surface area contributed by atoms with Gasteiger partial charge in [0, 0.05) is 11.7 Å². The number of hydrogen-bond acceptors (Lipinski definition) is 3. The van der Waals surface area contributed by atoms with Gasteiger partial charge in [0.2, 0.25) is 5.91 Å². The van der Waals surface area contributed by atoms with E-state index in [1.807, 2.05) is 0 Å². The van der Waals surface area contributed by atoms with Crippen molar-refractivity contribution in [1.29, 1.82) is 0 Å². The number of anilines is 1. The monoisotopic (exact) mass is 341 g/mol. The zero-order valence-corrected chi connectivity index (χ0v) is 12.5. The zero-order valence-electron chi connectivity index (χ0n) is 12.5. The smallest absolute Gasteiger partial charge is 0.325 e. The minimum Gasteiger partial charge on any atom is -0.325 e. The van der Waals surface area contributed by atoms with Crippen LogP contribution in [0.5, 0.6) is 0 Å². The Kier molecular flexibility index (Phi) is 3.94. The average molecular weight is 341 g/mol. The van der Waals surface area contributed by atoms with Crippen LogP contribution in [-0.2, 0) is 15.8 Å². The predicted octanol–water partition coefficient (Wildman–Crippen LogP) is 2.07. The fourth-order valence-corrected chi connectivity index (χ4v) is 2.47. The number of carbonyl (C=O) groups excluding carboxylic acids is 3. The van der Waals surface area contributed by atoms with Crippen molar-refractivity contribution in [2.75, 3.05) is 18.4 Å². The maximum Gasteiger partial charge on any atom is 0.416 e. The van der Waals surface area contributed by atoms with Gasteiger partial charge < -0.3 is 10.2 Å². The highest BCUT2D eigenvalue weighted by atomic mass is 19.4. The molecular formula is C15H14F3N3O3. The molecule has 1 saturated carbocycles. The molecule has 0 radical (unpaired) electrons. The van der Waals surface area contributed by atoms with Crippen LogP contribution in [0.4, 0.5) is 23.7 Å². The summed E-state index contributed by atoms with van der Waals surface area (Å²) in [6, 6.07) is 3.50. The first-order valence-corrected chi connectivity index (χ1v) is 7.34. The second-order valence-electron chi connectivity index (χ2n) is 5.74. The first-order valence-electron chi connectivity index (χ1n) is 7.34. The first-order chi connectivity index (χ1) is 11.3. The third kappa shape index (κ3) is 3.34. The van der Waals surface area contributed by atoms with Gasteiger partial charge in [-0.2, -0.15) is 13.2 Å². The SMILES string of the molecule is O=C(CN1C(=O)CN(C2CC2)C1=O)Nc1ccc(C(F)(F)F)cc1. The van der Waals surface area contributed by atoms with E-state index in [-0.39, 0.29) is 18.3 Å². The van der Waals surface area contributed by atoms with Gasteiger partial charge in [0.1, 0.15) is 13.1 Å². The number of alkyl halides is 3. The molecule has 9 heteroatoms. The summed E-state index contributed by atoms with van der Waals surface area (Å²) in [4.78, 5) is 38.1. The van der Waals surface area contributed by atoms with Crippen LogP contribution in [0, 0.1) is 0 Å². The molecule has 1 aliphatic carbocycles. The van der Waals surface area contributed by atoms with E-state index in [9.17, 15) is 27.6 Å². The Labute approximate surface area is 135 Å². The third-order valence-electron chi connectivity index (χ3n) is 3.87. The van der Waals surface area contributed by atoms with Gasteiger partial charge in [-0.15, -0.1) is 0 Å². The Morgan fingerprint density at radius 2 is 1.79 bits per heavy atom. The fraction of sp³-hybridized carbons (Fsp3) is 0.400. The minimum atomic E-state index is -4.46. The molecule has 2 aliphatic rings. The van der Waals surface area contributed by atoms with E-state index in [0.717, 1.165) is 42.0 Å². The molecule has 1 heterocycles. The fourth-order valence-electron chi connectivity index (χ4n) is 2.47. The van der Waals surface area contributed by atoms with Gasteiger partial charge >= 0.3 is 12.2 Å². The normalized spacial score (nSPS) is 18.3. The van der Waals surface area contributed by atoms with E-state index in [4.69, 9.17) is 0 Å². The second kappa shape index (κ2) is 5.81. The van der Waals surface area contributed by atoms with Crippen LogP contribution >= 0.6 is 0 Å². The molecule has 1 N–H and O–H groups in total. The van der Waals surface area contributed by atoms with E-state index in [0.29, 0.717) is 0 Å². The van der Waals surface area contributed by atoms with Crippen LogP contribution in [0.25, 0.3) is 0 Å². The maximum atomic E-state index is 12.5. The lowest BCUT2D eigenvalue weighted by Crippen LogP contribution is -2.39.